The van der Waals surface area contributed by atoms with Crippen LogP contribution in [0.15, 0.2) is 22.9 Å². The van der Waals surface area contributed by atoms with E-state index >= 15 is 0 Å². The molecule has 21 heavy (non-hydrogen) atoms. The molecule has 0 unspecified atom stereocenters. The summed E-state index contributed by atoms with van der Waals surface area (Å²) >= 11 is 15.7. The molecular formula is C13H13BrCl2N4O. The van der Waals surface area contributed by atoms with E-state index in [1.54, 1.807) is 19.2 Å². The molecule has 112 valence electrons. The molecule has 1 aromatic carbocycles. The van der Waals surface area contributed by atoms with Gasteiger partial charge in [-0.15, -0.1) is 0 Å². The molecule has 0 aliphatic carbocycles. The number of nitrogens with one attached hydrogen (secondary N) is 2. The Bertz CT molecular complexity index is 654. The average Bonchev–Trinajstić information content (AvgIpc) is 2.48. The van der Waals surface area contributed by atoms with Crippen LogP contribution in [0.3, 0.4) is 0 Å². The Morgan fingerprint density at radius 2 is 1.90 bits per heavy atom. The minimum Gasteiger partial charge on any atom is -0.490 e. The number of anilines is 3. The first kappa shape index (κ1) is 16.1. The van der Waals surface area contributed by atoms with Crippen molar-refractivity contribution in [3.05, 3.63) is 33.0 Å². The van der Waals surface area contributed by atoms with Crippen LogP contribution < -0.4 is 15.4 Å². The number of hydrogen-bond donors (Lipinski definition) is 2. The van der Waals surface area contributed by atoms with Crippen molar-refractivity contribution in [1.82, 2.24) is 9.97 Å². The molecule has 1 heterocycles. The summed E-state index contributed by atoms with van der Waals surface area (Å²) in [6.45, 7) is 2.69. The van der Waals surface area contributed by atoms with Crippen LogP contribution in [-0.2, 0) is 0 Å². The summed E-state index contributed by atoms with van der Waals surface area (Å²) in [6, 6.07) is 3.60. The highest BCUT2D eigenvalue weighted by Gasteiger charge is 2.14. The number of halogens is 3. The maximum Gasteiger partial charge on any atom is 0.204 e. The van der Waals surface area contributed by atoms with Crippen molar-refractivity contribution in [2.24, 2.45) is 0 Å². The molecule has 0 amide bonds. The number of aromatic nitrogens is 2. The van der Waals surface area contributed by atoms with Gasteiger partial charge in [-0.1, -0.05) is 23.2 Å². The van der Waals surface area contributed by atoms with Gasteiger partial charge < -0.3 is 15.4 Å². The lowest BCUT2D eigenvalue weighted by Crippen LogP contribution is -2.06. The van der Waals surface area contributed by atoms with Crippen LogP contribution >= 0.6 is 39.1 Å². The number of benzene rings is 1. The number of methoxy groups -OCH3 is 1. The van der Waals surface area contributed by atoms with Crippen molar-refractivity contribution in [2.75, 3.05) is 24.3 Å². The predicted molar refractivity (Wildman–Crippen MR) is 90.2 cm³/mol. The first-order valence-electron chi connectivity index (χ1n) is 6.11. The Kier molecular flexibility index (Phi) is 5.50. The zero-order valence-corrected chi connectivity index (χ0v) is 14.5. The first-order chi connectivity index (χ1) is 10.1. The Hall–Kier alpha value is -1.24. The molecule has 0 aliphatic rings. The summed E-state index contributed by atoms with van der Waals surface area (Å²) in [5, 5.41) is 7.04. The van der Waals surface area contributed by atoms with E-state index in [2.05, 4.69) is 36.5 Å². The van der Waals surface area contributed by atoms with E-state index in [1.165, 1.54) is 6.33 Å². The number of nitrogens with zero attached hydrogens (tertiary/aromatic N) is 2. The Balaban J connectivity index is 2.40. The fourth-order valence-corrected chi connectivity index (χ4v) is 2.52. The molecule has 0 fully saturated rings. The third-order valence-corrected chi connectivity index (χ3v) is 4.41. The highest BCUT2D eigenvalue weighted by atomic mass is 79.9. The van der Waals surface area contributed by atoms with Crippen molar-refractivity contribution in [2.45, 2.75) is 6.92 Å². The molecule has 2 rings (SSSR count). The standard InChI is InChI=1S/C13H13BrCl2N4O/c1-3-17-12-11(21-2)13(19-6-18-12)20-8-5-4-7(14)9(15)10(8)16/h4-6H,3H2,1-2H3,(H2,17,18,19,20). The molecule has 0 atom stereocenters. The van der Waals surface area contributed by atoms with E-state index in [1.807, 2.05) is 6.92 Å². The van der Waals surface area contributed by atoms with E-state index in [4.69, 9.17) is 27.9 Å². The third kappa shape index (κ3) is 3.51. The smallest absolute Gasteiger partial charge is 0.204 e. The van der Waals surface area contributed by atoms with Crippen LogP contribution in [0.1, 0.15) is 6.92 Å². The van der Waals surface area contributed by atoms with Gasteiger partial charge >= 0.3 is 0 Å². The van der Waals surface area contributed by atoms with Crippen molar-refractivity contribution in [1.29, 1.82) is 0 Å². The van der Waals surface area contributed by atoms with Crippen molar-refractivity contribution in [3.63, 3.8) is 0 Å². The first-order valence-corrected chi connectivity index (χ1v) is 7.66. The van der Waals surface area contributed by atoms with Gasteiger partial charge in [0.25, 0.3) is 0 Å². The van der Waals surface area contributed by atoms with Gasteiger partial charge in [-0.3, -0.25) is 0 Å². The minimum atomic E-state index is 0.400. The summed E-state index contributed by atoms with van der Waals surface area (Å²) in [6.07, 6.45) is 1.44. The monoisotopic (exact) mass is 390 g/mol. The molecule has 8 heteroatoms. The quantitative estimate of drug-likeness (QED) is 0.721. The van der Waals surface area contributed by atoms with Gasteiger partial charge in [0.15, 0.2) is 11.6 Å². The molecule has 5 nitrogen and oxygen atoms in total. The van der Waals surface area contributed by atoms with E-state index in [9.17, 15) is 0 Å². The van der Waals surface area contributed by atoms with Gasteiger partial charge in [-0.05, 0) is 35.0 Å². The van der Waals surface area contributed by atoms with Crippen LogP contribution in [0.4, 0.5) is 17.3 Å². The number of rotatable bonds is 5. The van der Waals surface area contributed by atoms with Crippen LogP contribution in [0.25, 0.3) is 0 Å². The summed E-state index contributed by atoms with van der Waals surface area (Å²) < 4.78 is 6.08. The van der Waals surface area contributed by atoms with Crippen molar-refractivity contribution >= 4 is 56.5 Å². The molecule has 1 aromatic heterocycles. The molecule has 0 saturated carbocycles. The SMILES string of the molecule is CCNc1ncnc(Nc2ccc(Br)c(Cl)c2Cl)c1OC. The summed E-state index contributed by atoms with van der Waals surface area (Å²) in [7, 11) is 1.56. The maximum atomic E-state index is 6.22. The van der Waals surface area contributed by atoms with Gasteiger partial charge in [-0.25, -0.2) is 9.97 Å². The van der Waals surface area contributed by atoms with Crippen molar-refractivity contribution < 1.29 is 4.74 Å². The average molecular weight is 392 g/mol. The highest BCUT2D eigenvalue weighted by molar-refractivity contribution is 9.10. The summed E-state index contributed by atoms with van der Waals surface area (Å²) in [5.41, 5.74) is 0.629. The summed E-state index contributed by atoms with van der Waals surface area (Å²) in [5.74, 6) is 1.62. The largest absolute Gasteiger partial charge is 0.490 e. The zero-order chi connectivity index (χ0) is 15.4. The molecule has 0 aliphatic heterocycles. The summed E-state index contributed by atoms with van der Waals surface area (Å²) in [4.78, 5) is 8.32. The van der Waals surface area contributed by atoms with E-state index in [-0.39, 0.29) is 0 Å². The number of hydrogen-bond acceptors (Lipinski definition) is 5. The van der Waals surface area contributed by atoms with Crippen LogP contribution in [0.2, 0.25) is 10.0 Å². The van der Waals surface area contributed by atoms with Gasteiger partial charge in [0, 0.05) is 11.0 Å². The molecule has 2 aromatic rings. The topological polar surface area (TPSA) is 59.1 Å². The lowest BCUT2D eigenvalue weighted by Gasteiger charge is -2.15. The number of ether oxygens (including phenoxy) is 1. The Labute approximate surface area is 141 Å². The van der Waals surface area contributed by atoms with E-state index in [0.717, 1.165) is 11.0 Å². The molecular weight excluding hydrogens is 379 g/mol. The van der Waals surface area contributed by atoms with E-state index < -0.39 is 0 Å². The third-order valence-electron chi connectivity index (χ3n) is 2.64. The fourth-order valence-electron chi connectivity index (χ4n) is 1.70. The molecule has 0 saturated heterocycles. The second-order valence-electron chi connectivity index (χ2n) is 3.98. The van der Waals surface area contributed by atoms with Crippen LogP contribution in [0.5, 0.6) is 5.75 Å². The van der Waals surface area contributed by atoms with Gasteiger partial charge in [0.2, 0.25) is 5.75 Å². The van der Waals surface area contributed by atoms with Crippen molar-refractivity contribution in [3.8, 4) is 5.75 Å². The second kappa shape index (κ2) is 7.15. The van der Waals surface area contributed by atoms with Gasteiger partial charge in [0.05, 0.1) is 22.8 Å². The zero-order valence-electron chi connectivity index (χ0n) is 11.4. The fraction of sp³-hybridized carbons (Fsp3) is 0.231. The van der Waals surface area contributed by atoms with E-state index in [0.29, 0.717) is 33.1 Å². The second-order valence-corrected chi connectivity index (χ2v) is 5.59. The van der Waals surface area contributed by atoms with Crippen LogP contribution in [0, 0.1) is 0 Å². The van der Waals surface area contributed by atoms with Gasteiger partial charge in [-0.2, -0.15) is 0 Å². The predicted octanol–water partition coefficient (Wildman–Crippen LogP) is 4.73. The minimum absolute atomic E-state index is 0.400. The van der Waals surface area contributed by atoms with Crippen LogP contribution in [-0.4, -0.2) is 23.6 Å². The highest BCUT2D eigenvalue weighted by Crippen LogP contribution is 2.39. The molecule has 0 radical (unpaired) electrons. The normalized spacial score (nSPS) is 10.3. The maximum absolute atomic E-state index is 6.22. The Morgan fingerprint density at radius 1 is 1.19 bits per heavy atom. The lowest BCUT2D eigenvalue weighted by atomic mass is 10.3. The molecule has 0 spiro atoms. The molecule has 0 bridgehead atoms. The lowest BCUT2D eigenvalue weighted by molar-refractivity contribution is 0.415. The molecule has 2 N–H and O–H groups in total. The van der Waals surface area contributed by atoms with Gasteiger partial charge in [0.1, 0.15) is 6.33 Å². The Morgan fingerprint density at radius 3 is 2.57 bits per heavy atom.